The molecule has 0 fully saturated rings. The summed E-state index contributed by atoms with van der Waals surface area (Å²) < 4.78 is 5.71. The Morgan fingerprint density at radius 1 is 1.12 bits per heavy atom. The minimum absolute atomic E-state index is 0.136. The molecule has 2 aromatic rings. The van der Waals surface area contributed by atoms with E-state index in [1.54, 1.807) is 0 Å². The molecule has 0 radical (unpaired) electrons. The Bertz CT molecular complexity index is 726. The van der Waals surface area contributed by atoms with Gasteiger partial charge in [0.05, 0.1) is 20.1 Å². The molecule has 5 heteroatoms. The van der Waals surface area contributed by atoms with E-state index in [1.807, 2.05) is 54.6 Å². The van der Waals surface area contributed by atoms with Crippen LogP contribution in [-0.4, -0.2) is 26.0 Å². The third-order valence-corrected chi connectivity index (χ3v) is 4.22. The van der Waals surface area contributed by atoms with Crippen LogP contribution in [-0.2, 0) is 6.61 Å². The number of quaternary nitrogens is 1. The number of hydrogen-bond donors (Lipinski definition) is 3. The van der Waals surface area contributed by atoms with Crippen molar-refractivity contribution in [3.8, 4) is 5.75 Å². The van der Waals surface area contributed by atoms with Crippen molar-refractivity contribution in [2.45, 2.75) is 13.0 Å². The Morgan fingerprint density at radius 2 is 1.88 bits per heavy atom. The maximum Gasteiger partial charge on any atom is 0.269 e. The highest BCUT2D eigenvalue weighted by Crippen LogP contribution is 2.12. The molecular weight excluding hydrogens is 314 g/mol. The number of hydrazine groups is 1. The fourth-order valence-electron chi connectivity index (χ4n) is 2.61. The van der Waals surface area contributed by atoms with E-state index in [4.69, 9.17) is 4.74 Å². The number of carbonyl (C=O) groups excluding carboxylic acids is 1. The Balaban J connectivity index is 1.48. The zero-order chi connectivity index (χ0) is 17.5. The summed E-state index contributed by atoms with van der Waals surface area (Å²) in [5, 5.41) is 0. The number of likely N-dealkylation sites (N-methyl/N-ethyl adjacent to an activating group) is 1. The minimum atomic E-state index is -0.136. The smallest absolute Gasteiger partial charge is 0.269 e. The summed E-state index contributed by atoms with van der Waals surface area (Å²) in [6, 6.07) is 17.1. The second-order valence-corrected chi connectivity index (χ2v) is 6.27. The monoisotopic (exact) mass is 338 g/mol. The fraction of sp³-hybridized carbons (Fsp3) is 0.250. The Morgan fingerprint density at radius 3 is 2.56 bits per heavy atom. The van der Waals surface area contributed by atoms with E-state index in [2.05, 4.69) is 24.0 Å². The fourth-order valence-corrected chi connectivity index (χ4v) is 2.61. The first-order chi connectivity index (χ1) is 12.2. The minimum Gasteiger partial charge on any atom is -0.489 e. The van der Waals surface area contributed by atoms with Crippen LogP contribution in [0.4, 0.5) is 0 Å². The topological polar surface area (TPSA) is 54.8 Å². The molecule has 0 aromatic heterocycles. The number of carbonyl (C=O) groups is 1. The largest absolute Gasteiger partial charge is 0.489 e. The number of benzene rings is 2. The molecule has 1 unspecified atom stereocenters. The van der Waals surface area contributed by atoms with Gasteiger partial charge < -0.3 is 15.1 Å². The van der Waals surface area contributed by atoms with Gasteiger partial charge in [-0.15, -0.1) is 0 Å². The van der Waals surface area contributed by atoms with E-state index >= 15 is 0 Å². The van der Waals surface area contributed by atoms with Crippen LogP contribution in [0.25, 0.3) is 0 Å². The van der Waals surface area contributed by atoms with Gasteiger partial charge in [-0.25, -0.2) is 0 Å². The number of nitrogens with one attached hydrogen (secondary N) is 3. The van der Waals surface area contributed by atoms with E-state index in [-0.39, 0.29) is 5.91 Å². The molecule has 1 atom stereocenters. The standard InChI is InChI=1S/C20H23N3O2/c1-23-13-11-18(12-14-23)21-22-20(24)17-9-7-16(8-10-17)15-25-19-5-3-2-4-6-19/h2-11,21H,12-15H2,1H3,(H,22,24)/p+1. The van der Waals surface area contributed by atoms with Crippen LogP contribution in [0.15, 0.2) is 66.4 Å². The zero-order valence-electron chi connectivity index (χ0n) is 14.4. The van der Waals surface area contributed by atoms with Crippen LogP contribution in [0, 0.1) is 0 Å². The van der Waals surface area contributed by atoms with E-state index < -0.39 is 0 Å². The van der Waals surface area contributed by atoms with Gasteiger partial charge >= 0.3 is 0 Å². The molecule has 0 saturated heterocycles. The van der Waals surface area contributed by atoms with Gasteiger partial charge in [0.1, 0.15) is 12.4 Å². The summed E-state index contributed by atoms with van der Waals surface area (Å²) in [5.74, 6) is 0.699. The van der Waals surface area contributed by atoms with E-state index in [1.165, 1.54) is 4.90 Å². The maximum absolute atomic E-state index is 12.2. The lowest BCUT2D eigenvalue weighted by atomic mass is 10.1. The van der Waals surface area contributed by atoms with Crippen molar-refractivity contribution in [1.29, 1.82) is 0 Å². The van der Waals surface area contributed by atoms with Gasteiger partial charge in [-0.2, -0.15) is 0 Å². The second kappa shape index (κ2) is 8.35. The van der Waals surface area contributed by atoms with Crippen molar-refractivity contribution < 1.29 is 14.4 Å². The molecule has 0 aliphatic carbocycles. The van der Waals surface area contributed by atoms with Crippen molar-refractivity contribution in [3.05, 3.63) is 77.5 Å². The molecule has 0 spiro atoms. The molecule has 2 aromatic carbocycles. The van der Waals surface area contributed by atoms with Crippen molar-refractivity contribution in [2.75, 3.05) is 20.1 Å². The van der Waals surface area contributed by atoms with Gasteiger partial charge in [0.15, 0.2) is 0 Å². The summed E-state index contributed by atoms with van der Waals surface area (Å²) >= 11 is 0. The molecule has 1 aliphatic rings. The van der Waals surface area contributed by atoms with E-state index in [9.17, 15) is 4.79 Å². The van der Waals surface area contributed by atoms with Gasteiger partial charge in [0, 0.05) is 17.7 Å². The predicted molar refractivity (Wildman–Crippen MR) is 97.1 cm³/mol. The van der Waals surface area contributed by atoms with Crippen molar-refractivity contribution in [3.63, 3.8) is 0 Å². The van der Waals surface area contributed by atoms with Gasteiger partial charge in [-0.05, 0) is 35.9 Å². The highest BCUT2D eigenvalue weighted by atomic mass is 16.5. The average molecular weight is 338 g/mol. The molecule has 1 heterocycles. The normalized spacial score (nSPS) is 16.7. The molecule has 3 N–H and O–H groups in total. The van der Waals surface area contributed by atoms with Crippen LogP contribution in [0.3, 0.4) is 0 Å². The average Bonchev–Trinajstić information content (AvgIpc) is 2.67. The molecule has 3 rings (SSSR count). The second-order valence-electron chi connectivity index (χ2n) is 6.27. The highest BCUT2D eigenvalue weighted by Gasteiger charge is 2.11. The number of rotatable bonds is 6. The summed E-state index contributed by atoms with van der Waals surface area (Å²) in [6.45, 7) is 2.53. The molecule has 1 aliphatic heterocycles. The molecule has 130 valence electrons. The number of para-hydroxylation sites is 1. The van der Waals surface area contributed by atoms with Gasteiger partial charge in [0.2, 0.25) is 0 Å². The lowest BCUT2D eigenvalue weighted by Gasteiger charge is -2.20. The summed E-state index contributed by atoms with van der Waals surface area (Å²) in [5.41, 5.74) is 8.51. The van der Waals surface area contributed by atoms with Crippen LogP contribution in [0.5, 0.6) is 5.75 Å². The molecule has 25 heavy (non-hydrogen) atoms. The zero-order valence-corrected chi connectivity index (χ0v) is 14.4. The predicted octanol–water partition coefficient (Wildman–Crippen LogP) is 1.30. The van der Waals surface area contributed by atoms with E-state index in [0.717, 1.165) is 36.5 Å². The SMILES string of the molecule is C[NH+]1CC=C(NNC(=O)c2ccc(COc3ccccc3)cc2)CC1. The quantitative estimate of drug-likeness (QED) is 0.696. The molecule has 1 amide bonds. The van der Waals surface area contributed by atoms with Crippen LogP contribution in [0.2, 0.25) is 0 Å². The number of hydrogen-bond acceptors (Lipinski definition) is 3. The van der Waals surface area contributed by atoms with Gasteiger partial charge in [-0.1, -0.05) is 30.3 Å². The van der Waals surface area contributed by atoms with Crippen LogP contribution in [0.1, 0.15) is 22.3 Å². The molecule has 5 nitrogen and oxygen atoms in total. The van der Waals surface area contributed by atoms with E-state index in [0.29, 0.717) is 12.2 Å². The summed E-state index contributed by atoms with van der Waals surface area (Å²) in [6.07, 6.45) is 3.07. The first kappa shape index (κ1) is 17.0. The van der Waals surface area contributed by atoms with Gasteiger partial charge in [0.25, 0.3) is 5.91 Å². The Hall–Kier alpha value is -2.79. The van der Waals surface area contributed by atoms with Crippen molar-refractivity contribution in [2.24, 2.45) is 0 Å². The summed E-state index contributed by atoms with van der Waals surface area (Å²) in [7, 11) is 2.16. The molecule has 0 saturated carbocycles. The Labute approximate surface area is 148 Å². The maximum atomic E-state index is 12.2. The third-order valence-electron chi connectivity index (χ3n) is 4.22. The van der Waals surface area contributed by atoms with Crippen molar-refractivity contribution in [1.82, 2.24) is 10.9 Å². The highest BCUT2D eigenvalue weighted by molar-refractivity contribution is 5.93. The number of amides is 1. The summed E-state index contributed by atoms with van der Waals surface area (Å²) in [4.78, 5) is 13.7. The lowest BCUT2D eigenvalue weighted by Crippen LogP contribution is -3.09. The lowest BCUT2D eigenvalue weighted by molar-refractivity contribution is -0.875. The molecule has 0 bridgehead atoms. The van der Waals surface area contributed by atoms with Crippen LogP contribution < -0.4 is 20.5 Å². The first-order valence-electron chi connectivity index (χ1n) is 8.54. The molecular formula is C20H24N3O2+. The first-order valence-corrected chi connectivity index (χ1v) is 8.54. The third kappa shape index (κ3) is 5.09. The van der Waals surface area contributed by atoms with Crippen molar-refractivity contribution >= 4 is 5.91 Å². The van der Waals surface area contributed by atoms with Crippen LogP contribution >= 0.6 is 0 Å². The van der Waals surface area contributed by atoms with Gasteiger partial charge in [-0.3, -0.25) is 10.2 Å². The Kier molecular flexibility index (Phi) is 5.69. The number of ether oxygens (including phenoxy) is 1.